The summed E-state index contributed by atoms with van der Waals surface area (Å²) in [5.74, 6) is -0.715. The molecule has 3 rings (SSSR count). The van der Waals surface area contributed by atoms with Crippen LogP contribution in [0.3, 0.4) is 0 Å². The van der Waals surface area contributed by atoms with E-state index >= 15 is 0 Å². The summed E-state index contributed by atoms with van der Waals surface area (Å²) < 4.78 is 26.8. The molecule has 1 aliphatic carbocycles. The van der Waals surface area contributed by atoms with Gasteiger partial charge in [0, 0.05) is 11.6 Å². The Morgan fingerprint density at radius 1 is 1.14 bits per heavy atom. The highest BCUT2D eigenvalue weighted by Crippen LogP contribution is 2.47. The lowest BCUT2D eigenvalue weighted by molar-refractivity contribution is 0.465. The Morgan fingerprint density at radius 3 is 2.62 bits per heavy atom. The normalized spacial score (nSPS) is 20.4. The molecule has 21 heavy (non-hydrogen) atoms. The SMILES string of the molecule is Cc1ccc(O)c2c1C(C)CC2Nc1ccc(F)cc1F. The van der Waals surface area contributed by atoms with Crippen LogP contribution in [0.5, 0.6) is 5.75 Å². The van der Waals surface area contributed by atoms with Gasteiger partial charge in [-0.1, -0.05) is 13.0 Å². The van der Waals surface area contributed by atoms with Gasteiger partial charge in [-0.15, -0.1) is 0 Å². The fraction of sp³-hybridized carbons (Fsp3) is 0.294. The Balaban J connectivity index is 1.98. The zero-order valence-corrected chi connectivity index (χ0v) is 12.0. The minimum atomic E-state index is -0.622. The van der Waals surface area contributed by atoms with Crippen molar-refractivity contribution >= 4 is 5.69 Å². The third kappa shape index (κ3) is 2.35. The monoisotopic (exact) mass is 289 g/mol. The minimum absolute atomic E-state index is 0.171. The van der Waals surface area contributed by atoms with Crippen molar-refractivity contribution in [1.82, 2.24) is 0 Å². The van der Waals surface area contributed by atoms with E-state index in [0.717, 1.165) is 29.2 Å². The lowest BCUT2D eigenvalue weighted by Crippen LogP contribution is -2.09. The van der Waals surface area contributed by atoms with Gasteiger partial charge in [0.25, 0.3) is 0 Å². The summed E-state index contributed by atoms with van der Waals surface area (Å²) in [5, 5.41) is 13.2. The van der Waals surface area contributed by atoms with Crippen LogP contribution in [0.15, 0.2) is 30.3 Å². The first kappa shape index (κ1) is 13.9. The smallest absolute Gasteiger partial charge is 0.149 e. The van der Waals surface area contributed by atoms with Crippen molar-refractivity contribution < 1.29 is 13.9 Å². The van der Waals surface area contributed by atoms with Crippen LogP contribution in [0, 0.1) is 18.6 Å². The van der Waals surface area contributed by atoms with Gasteiger partial charge < -0.3 is 10.4 Å². The molecule has 2 N–H and O–H groups in total. The van der Waals surface area contributed by atoms with Gasteiger partial charge in [0.1, 0.15) is 17.4 Å². The number of phenols is 1. The van der Waals surface area contributed by atoms with Gasteiger partial charge in [0.2, 0.25) is 0 Å². The molecule has 0 aliphatic heterocycles. The number of nitrogens with one attached hydrogen (secondary N) is 1. The number of rotatable bonds is 2. The third-order valence-corrected chi connectivity index (χ3v) is 4.17. The molecule has 2 aromatic rings. The van der Waals surface area contributed by atoms with Crippen LogP contribution in [0.25, 0.3) is 0 Å². The second kappa shape index (κ2) is 5.02. The number of halogens is 2. The molecule has 0 heterocycles. The highest BCUT2D eigenvalue weighted by atomic mass is 19.1. The van der Waals surface area contributed by atoms with Gasteiger partial charge in [-0.3, -0.25) is 0 Å². The van der Waals surface area contributed by atoms with Crippen molar-refractivity contribution in [3.8, 4) is 5.75 Å². The van der Waals surface area contributed by atoms with Crippen molar-refractivity contribution in [1.29, 1.82) is 0 Å². The van der Waals surface area contributed by atoms with Gasteiger partial charge in [-0.05, 0) is 48.6 Å². The Morgan fingerprint density at radius 2 is 1.90 bits per heavy atom. The lowest BCUT2D eigenvalue weighted by atomic mass is 9.97. The van der Waals surface area contributed by atoms with E-state index in [9.17, 15) is 13.9 Å². The molecule has 0 aromatic heterocycles. The van der Waals surface area contributed by atoms with Crippen LogP contribution in [0.1, 0.15) is 42.0 Å². The van der Waals surface area contributed by atoms with Crippen molar-refractivity contribution in [2.75, 3.05) is 5.32 Å². The van der Waals surface area contributed by atoms with Crippen LogP contribution < -0.4 is 5.32 Å². The standard InChI is InChI=1S/C17H17F2NO/c1-9-3-6-15(21)17-14(7-10(2)16(9)17)20-13-5-4-11(18)8-12(13)19/h3-6,8,10,14,20-21H,7H2,1-2H3. The van der Waals surface area contributed by atoms with Crippen LogP contribution in [-0.2, 0) is 0 Å². The molecule has 0 bridgehead atoms. The zero-order valence-electron chi connectivity index (χ0n) is 12.0. The van der Waals surface area contributed by atoms with Gasteiger partial charge in [0.05, 0.1) is 11.7 Å². The van der Waals surface area contributed by atoms with Crippen LogP contribution in [-0.4, -0.2) is 5.11 Å². The Hall–Kier alpha value is -2.10. The molecule has 0 spiro atoms. The van der Waals surface area contributed by atoms with E-state index in [2.05, 4.69) is 12.2 Å². The second-order valence-corrected chi connectivity index (χ2v) is 5.69. The molecule has 4 heteroatoms. The number of hydrogen-bond donors (Lipinski definition) is 2. The number of benzene rings is 2. The molecule has 110 valence electrons. The maximum absolute atomic E-state index is 13.8. The van der Waals surface area contributed by atoms with Crippen molar-refractivity contribution in [2.45, 2.75) is 32.2 Å². The van der Waals surface area contributed by atoms with E-state index in [4.69, 9.17) is 0 Å². The number of hydrogen-bond acceptors (Lipinski definition) is 2. The molecule has 0 saturated heterocycles. The quantitative estimate of drug-likeness (QED) is 0.844. The molecule has 2 atom stereocenters. The average Bonchev–Trinajstić information content (AvgIpc) is 2.75. The third-order valence-electron chi connectivity index (χ3n) is 4.17. The highest BCUT2D eigenvalue weighted by molar-refractivity contribution is 5.56. The first-order chi connectivity index (χ1) is 9.97. The van der Waals surface area contributed by atoms with E-state index < -0.39 is 11.6 Å². The Kier molecular flexibility index (Phi) is 3.32. The molecule has 0 radical (unpaired) electrons. The van der Waals surface area contributed by atoms with Crippen molar-refractivity contribution in [3.63, 3.8) is 0 Å². The summed E-state index contributed by atoms with van der Waals surface area (Å²) in [6, 6.07) is 6.86. The predicted molar refractivity (Wildman–Crippen MR) is 78.6 cm³/mol. The summed E-state index contributed by atoms with van der Waals surface area (Å²) in [4.78, 5) is 0. The number of anilines is 1. The van der Waals surface area contributed by atoms with E-state index in [1.165, 1.54) is 12.1 Å². The maximum Gasteiger partial charge on any atom is 0.149 e. The Labute approximate surface area is 122 Å². The minimum Gasteiger partial charge on any atom is -0.508 e. The average molecular weight is 289 g/mol. The highest BCUT2D eigenvalue weighted by Gasteiger charge is 2.32. The maximum atomic E-state index is 13.8. The van der Waals surface area contributed by atoms with Crippen molar-refractivity contribution in [3.05, 3.63) is 58.7 Å². The summed E-state index contributed by atoms with van der Waals surface area (Å²) in [7, 11) is 0. The summed E-state index contributed by atoms with van der Waals surface area (Å²) in [5.41, 5.74) is 3.32. The van der Waals surface area contributed by atoms with E-state index in [0.29, 0.717) is 0 Å². The van der Waals surface area contributed by atoms with E-state index in [1.54, 1.807) is 6.07 Å². The van der Waals surface area contributed by atoms with Crippen molar-refractivity contribution in [2.24, 2.45) is 0 Å². The molecule has 1 aliphatic rings. The predicted octanol–water partition coefficient (Wildman–Crippen LogP) is 4.64. The van der Waals surface area contributed by atoms with Gasteiger partial charge >= 0.3 is 0 Å². The fourth-order valence-corrected chi connectivity index (χ4v) is 3.27. The zero-order chi connectivity index (χ0) is 15.1. The summed E-state index contributed by atoms with van der Waals surface area (Å²) >= 11 is 0. The molecule has 0 fully saturated rings. The first-order valence-electron chi connectivity index (χ1n) is 7.01. The fourth-order valence-electron chi connectivity index (χ4n) is 3.27. The van der Waals surface area contributed by atoms with Gasteiger partial charge in [-0.25, -0.2) is 8.78 Å². The topological polar surface area (TPSA) is 32.3 Å². The molecule has 0 amide bonds. The first-order valence-corrected chi connectivity index (χ1v) is 7.01. The number of aromatic hydroxyl groups is 1. The Bertz CT molecular complexity index is 699. The molecule has 0 saturated carbocycles. The largest absolute Gasteiger partial charge is 0.508 e. The molecule has 2 nitrogen and oxygen atoms in total. The van der Waals surface area contributed by atoms with Crippen LogP contribution >= 0.6 is 0 Å². The second-order valence-electron chi connectivity index (χ2n) is 5.69. The molecular weight excluding hydrogens is 272 g/mol. The van der Waals surface area contributed by atoms with E-state index in [1.807, 2.05) is 13.0 Å². The molecule has 2 aromatic carbocycles. The number of aryl methyl sites for hydroxylation is 1. The van der Waals surface area contributed by atoms with Gasteiger partial charge in [0.15, 0.2) is 0 Å². The van der Waals surface area contributed by atoms with E-state index in [-0.39, 0.29) is 23.4 Å². The molecule has 2 unspecified atom stereocenters. The van der Waals surface area contributed by atoms with Crippen LogP contribution in [0.2, 0.25) is 0 Å². The number of phenolic OH excluding ortho intramolecular Hbond substituents is 1. The van der Waals surface area contributed by atoms with Gasteiger partial charge in [-0.2, -0.15) is 0 Å². The number of fused-ring (bicyclic) bond motifs is 1. The molecular formula is C17H17F2NO. The summed E-state index contributed by atoms with van der Waals surface area (Å²) in [6.07, 6.45) is 0.768. The summed E-state index contributed by atoms with van der Waals surface area (Å²) in [6.45, 7) is 4.10. The lowest BCUT2D eigenvalue weighted by Gasteiger charge is -2.17. The van der Waals surface area contributed by atoms with Crippen LogP contribution in [0.4, 0.5) is 14.5 Å².